The Morgan fingerprint density at radius 1 is 1.15 bits per heavy atom. The molecule has 0 bridgehead atoms. The van der Waals surface area contributed by atoms with Crippen molar-refractivity contribution in [1.82, 2.24) is 9.99 Å². The number of nitro groups is 1. The highest BCUT2D eigenvalue weighted by atomic mass is 16.6. The zero-order valence-electron chi connectivity index (χ0n) is 19.5. The molecule has 0 aliphatic carbocycles. The summed E-state index contributed by atoms with van der Waals surface area (Å²) in [5.41, 5.74) is 7.51. The van der Waals surface area contributed by atoms with Gasteiger partial charge in [-0.1, -0.05) is 45.0 Å². The predicted octanol–water partition coefficient (Wildman–Crippen LogP) is 4.83. The van der Waals surface area contributed by atoms with Crippen LogP contribution in [0.3, 0.4) is 0 Å². The second-order valence-corrected chi connectivity index (χ2v) is 8.77. The minimum Gasteiger partial charge on any atom is -0.477 e. The van der Waals surface area contributed by atoms with E-state index in [1.807, 2.05) is 19.9 Å². The standard InChI is InChI=1S/C25H28N4O4/c1-17-14-19(18(2)28(17)21-12-10-20(11-13-21)25(3,4)5)15-26-27-24(30)16-33-23-9-7-6-8-22(23)29(31)32/h6-15H,16H2,1-5H3,(H,27,30)/b26-15+. The molecule has 33 heavy (non-hydrogen) atoms. The van der Waals surface area contributed by atoms with Gasteiger partial charge in [-0.25, -0.2) is 5.43 Å². The maximum Gasteiger partial charge on any atom is 0.310 e. The fourth-order valence-electron chi connectivity index (χ4n) is 3.51. The van der Waals surface area contributed by atoms with Gasteiger partial charge in [-0.05, 0) is 49.1 Å². The molecule has 1 N–H and O–H groups in total. The lowest BCUT2D eigenvalue weighted by Crippen LogP contribution is -2.24. The molecule has 1 heterocycles. The minimum absolute atomic E-state index is 0.0302. The van der Waals surface area contributed by atoms with Gasteiger partial charge in [0.2, 0.25) is 0 Å². The number of aryl methyl sites for hydroxylation is 1. The van der Waals surface area contributed by atoms with Gasteiger partial charge >= 0.3 is 5.69 Å². The van der Waals surface area contributed by atoms with E-state index in [1.165, 1.54) is 23.8 Å². The number of nitro benzene ring substituents is 1. The molecule has 3 aromatic rings. The van der Waals surface area contributed by atoms with E-state index in [1.54, 1.807) is 12.3 Å². The van der Waals surface area contributed by atoms with Gasteiger partial charge in [0.25, 0.3) is 5.91 Å². The average molecular weight is 449 g/mol. The van der Waals surface area contributed by atoms with Gasteiger partial charge in [-0.15, -0.1) is 0 Å². The first-order valence-electron chi connectivity index (χ1n) is 10.6. The maximum absolute atomic E-state index is 12.1. The Hall–Kier alpha value is -3.94. The topological polar surface area (TPSA) is 98.8 Å². The van der Waals surface area contributed by atoms with Crippen molar-refractivity contribution < 1.29 is 14.5 Å². The molecule has 0 spiro atoms. The van der Waals surface area contributed by atoms with Crippen LogP contribution in [0.25, 0.3) is 5.69 Å². The molecule has 0 aliphatic rings. The second-order valence-electron chi connectivity index (χ2n) is 8.77. The Morgan fingerprint density at radius 3 is 2.45 bits per heavy atom. The molecular weight excluding hydrogens is 420 g/mol. The van der Waals surface area contributed by atoms with Crippen LogP contribution < -0.4 is 10.2 Å². The highest BCUT2D eigenvalue weighted by Gasteiger charge is 2.16. The lowest BCUT2D eigenvalue weighted by atomic mass is 9.87. The first-order chi connectivity index (χ1) is 15.6. The molecule has 0 unspecified atom stereocenters. The fourth-order valence-corrected chi connectivity index (χ4v) is 3.51. The fraction of sp³-hybridized carbons (Fsp3) is 0.280. The molecular formula is C25H28N4O4. The van der Waals surface area contributed by atoms with Crippen LogP contribution in [-0.4, -0.2) is 28.2 Å². The Balaban J connectivity index is 1.65. The largest absolute Gasteiger partial charge is 0.477 e. The molecule has 0 saturated heterocycles. The van der Waals surface area contributed by atoms with Gasteiger partial charge in [-0.3, -0.25) is 14.9 Å². The van der Waals surface area contributed by atoms with Gasteiger partial charge in [0.1, 0.15) is 0 Å². The predicted molar refractivity (Wildman–Crippen MR) is 128 cm³/mol. The van der Waals surface area contributed by atoms with Gasteiger partial charge < -0.3 is 9.30 Å². The first-order valence-corrected chi connectivity index (χ1v) is 10.6. The first kappa shape index (κ1) is 23.7. The molecule has 1 aromatic heterocycles. The number of aromatic nitrogens is 1. The van der Waals surface area contributed by atoms with Crippen LogP contribution in [0, 0.1) is 24.0 Å². The van der Waals surface area contributed by atoms with Crippen molar-refractivity contribution in [2.45, 2.75) is 40.0 Å². The number of benzene rings is 2. The highest BCUT2D eigenvalue weighted by Crippen LogP contribution is 2.26. The van der Waals surface area contributed by atoms with Crippen LogP contribution in [-0.2, 0) is 10.2 Å². The SMILES string of the molecule is Cc1cc(/C=N/NC(=O)COc2ccccc2[N+](=O)[O-])c(C)n1-c1ccc(C(C)(C)C)cc1. The molecule has 8 nitrogen and oxygen atoms in total. The van der Waals surface area contributed by atoms with Gasteiger partial charge in [0.15, 0.2) is 12.4 Å². The summed E-state index contributed by atoms with van der Waals surface area (Å²) < 4.78 is 7.40. The number of nitrogens with zero attached hydrogens (tertiary/aromatic N) is 3. The molecule has 3 rings (SSSR count). The second kappa shape index (κ2) is 9.68. The van der Waals surface area contributed by atoms with Crippen molar-refractivity contribution in [1.29, 1.82) is 0 Å². The van der Waals surface area contributed by atoms with Crippen molar-refractivity contribution in [3.8, 4) is 11.4 Å². The quantitative estimate of drug-likeness (QED) is 0.318. The van der Waals surface area contributed by atoms with Crippen molar-refractivity contribution >= 4 is 17.8 Å². The Kier molecular flexibility index (Phi) is 6.96. The summed E-state index contributed by atoms with van der Waals surface area (Å²) in [5, 5.41) is 15.0. The normalized spacial score (nSPS) is 11.5. The van der Waals surface area contributed by atoms with Crippen LogP contribution in [0.2, 0.25) is 0 Å². The van der Waals surface area contributed by atoms with E-state index < -0.39 is 10.8 Å². The lowest BCUT2D eigenvalue weighted by molar-refractivity contribution is -0.385. The van der Waals surface area contributed by atoms with Crippen molar-refractivity contribution in [3.63, 3.8) is 0 Å². The molecule has 0 radical (unpaired) electrons. The maximum atomic E-state index is 12.1. The monoisotopic (exact) mass is 448 g/mol. The van der Waals surface area contributed by atoms with E-state index in [-0.39, 0.29) is 23.5 Å². The summed E-state index contributed by atoms with van der Waals surface area (Å²) in [6.45, 7) is 10.2. The number of ether oxygens (including phenoxy) is 1. The van der Waals surface area contributed by atoms with E-state index in [9.17, 15) is 14.9 Å². The molecule has 0 aliphatic heterocycles. The minimum atomic E-state index is -0.558. The molecule has 0 atom stereocenters. The number of amides is 1. The average Bonchev–Trinajstić information content (AvgIpc) is 3.05. The summed E-state index contributed by atoms with van der Waals surface area (Å²) in [7, 11) is 0. The molecule has 8 heteroatoms. The Labute approximate surface area is 193 Å². The number of para-hydroxylation sites is 2. The van der Waals surface area contributed by atoms with Crippen LogP contribution >= 0.6 is 0 Å². The zero-order chi connectivity index (χ0) is 24.2. The van der Waals surface area contributed by atoms with Crippen LogP contribution in [0.1, 0.15) is 43.3 Å². The number of carbonyl (C=O) groups is 1. The van der Waals surface area contributed by atoms with Crippen molar-refractivity contribution in [3.05, 3.63) is 87.2 Å². The van der Waals surface area contributed by atoms with Crippen molar-refractivity contribution in [2.75, 3.05) is 6.61 Å². The van der Waals surface area contributed by atoms with E-state index in [4.69, 9.17) is 4.74 Å². The third kappa shape index (κ3) is 5.65. The molecule has 172 valence electrons. The molecule has 0 fully saturated rings. The summed E-state index contributed by atoms with van der Waals surface area (Å²) in [6, 6.07) is 16.4. The summed E-state index contributed by atoms with van der Waals surface area (Å²) in [4.78, 5) is 22.5. The number of rotatable bonds is 7. The van der Waals surface area contributed by atoms with Crippen molar-refractivity contribution in [2.24, 2.45) is 5.10 Å². The Morgan fingerprint density at radius 2 is 1.82 bits per heavy atom. The third-order valence-corrected chi connectivity index (χ3v) is 5.28. The van der Waals surface area contributed by atoms with E-state index >= 15 is 0 Å². The molecule has 1 amide bonds. The lowest BCUT2D eigenvalue weighted by Gasteiger charge is -2.20. The van der Waals surface area contributed by atoms with Gasteiger partial charge in [-0.2, -0.15) is 5.10 Å². The summed E-state index contributed by atoms with van der Waals surface area (Å²) >= 11 is 0. The Bertz CT molecular complexity index is 1190. The highest BCUT2D eigenvalue weighted by molar-refractivity contribution is 5.84. The van der Waals surface area contributed by atoms with Crippen LogP contribution in [0.4, 0.5) is 5.69 Å². The smallest absolute Gasteiger partial charge is 0.310 e. The molecule has 0 saturated carbocycles. The van der Waals surface area contributed by atoms with E-state index in [0.29, 0.717) is 0 Å². The van der Waals surface area contributed by atoms with E-state index in [0.717, 1.165) is 22.6 Å². The van der Waals surface area contributed by atoms with E-state index in [2.05, 4.69) is 60.1 Å². The van der Waals surface area contributed by atoms with Crippen LogP contribution in [0.15, 0.2) is 59.7 Å². The third-order valence-electron chi connectivity index (χ3n) is 5.28. The zero-order valence-corrected chi connectivity index (χ0v) is 19.5. The van der Waals surface area contributed by atoms with Crippen LogP contribution in [0.5, 0.6) is 5.75 Å². The number of carbonyl (C=O) groups excluding carboxylic acids is 1. The summed E-state index contributed by atoms with van der Waals surface area (Å²) in [6.07, 6.45) is 1.57. The van der Waals surface area contributed by atoms with Gasteiger partial charge in [0, 0.05) is 28.7 Å². The number of hydrazone groups is 1. The molecule has 2 aromatic carbocycles. The number of nitrogens with one attached hydrogen (secondary N) is 1. The number of hydrogen-bond donors (Lipinski definition) is 1. The number of hydrogen-bond acceptors (Lipinski definition) is 5. The van der Waals surface area contributed by atoms with Gasteiger partial charge in [0.05, 0.1) is 11.1 Å². The summed E-state index contributed by atoms with van der Waals surface area (Å²) in [5.74, 6) is -0.487.